The third-order valence-corrected chi connectivity index (χ3v) is 2.27. The fourth-order valence-electron chi connectivity index (χ4n) is 1.68. The number of hydrogen-bond donors (Lipinski definition) is 0. The molecule has 2 aromatic rings. The van der Waals surface area contributed by atoms with Gasteiger partial charge < -0.3 is 9.30 Å². The number of aldehydes is 1. The molecule has 0 aliphatic carbocycles. The number of rotatable bonds is 3. The molecule has 0 aromatic carbocycles. The van der Waals surface area contributed by atoms with Crippen LogP contribution in [0.4, 0.5) is 0 Å². The molecule has 2 rings (SSSR count). The van der Waals surface area contributed by atoms with Crippen LogP contribution in [0.25, 0.3) is 11.0 Å². The predicted molar refractivity (Wildman–Crippen MR) is 57.3 cm³/mol. The van der Waals surface area contributed by atoms with Crippen molar-refractivity contribution in [2.45, 2.75) is 6.92 Å². The van der Waals surface area contributed by atoms with Gasteiger partial charge in [0.2, 0.25) is 0 Å². The Balaban J connectivity index is 2.73. The first kappa shape index (κ1) is 9.71. The van der Waals surface area contributed by atoms with Crippen LogP contribution >= 0.6 is 0 Å². The molecule has 0 aliphatic rings. The van der Waals surface area contributed by atoms with Gasteiger partial charge in [-0.2, -0.15) is 0 Å². The summed E-state index contributed by atoms with van der Waals surface area (Å²) in [4.78, 5) is 15.0. The second-order valence-corrected chi connectivity index (χ2v) is 3.25. The molecule has 0 amide bonds. The van der Waals surface area contributed by atoms with E-state index >= 15 is 0 Å². The number of hydrogen-bond acceptors (Lipinski definition) is 3. The summed E-state index contributed by atoms with van der Waals surface area (Å²) in [5, 5.41) is 0. The molecule has 2 aromatic heterocycles. The van der Waals surface area contributed by atoms with Gasteiger partial charge in [-0.3, -0.25) is 9.78 Å². The van der Waals surface area contributed by atoms with E-state index in [9.17, 15) is 4.79 Å². The highest BCUT2D eigenvalue weighted by atomic mass is 16.5. The summed E-state index contributed by atoms with van der Waals surface area (Å²) in [6, 6.07) is 1.81. The Morgan fingerprint density at radius 1 is 1.60 bits per heavy atom. The van der Waals surface area contributed by atoms with Crippen LogP contribution < -0.4 is 4.74 Å². The number of ether oxygens (including phenoxy) is 1. The molecule has 0 atom stereocenters. The number of nitrogens with zero attached hydrogens (tertiary/aromatic N) is 2. The molecule has 0 bridgehead atoms. The Morgan fingerprint density at radius 3 is 3.07 bits per heavy atom. The Morgan fingerprint density at radius 2 is 2.40 bits per heavy atom. The molecule has 0 fully saturated rings. The second-order valence-electron chi connectivity index (χ2n) is 3.25. The van der Waals surface area contributed by atoms with Gasteiger partial charge in [0.25, 0.3) is 0 Å². The first-order valence-electron chi connectivity index (χ1n) is 4.80. The minimum atomic E-state index is 0.592. The number of aryl methyl sites for hydroxylation is 1. The van der Waals surface area contributed by atoms with Gasteiger partial charge in [0, 0.05) is 25.5 Å². The normalized spacial score (nSPS) is 10.5. The van der Waals surface area contributed by atoms with Crippen molar-refractivity contribution >= 4 is 17.3 Å². The largest absolute Gasteiger partial charge is 0.492 e. The molecule has 78 valence electrons. The van der Waals surface area contributed by atoms with Crippen molar-refractivity contribution in [2.75, 3.05) is 6.61 Å². The van der Waals surface area contributed by atoms with Crippen molar-refractivity contribution < 1.29 is 9.53 Å². The standard InChI is InChI=1S/C11H12N2O2/c1-3-15-9-4-5-12-10-8(7-14)6-13(2)11(9)10/h4-7H,3H2,1-2H3. The Hall–Kier alpha value is -1.84. The summed E-state index contributed by atoms with van der Waals surface area (Å²) in [6.07, 6.45) is 4.22. The van der Waals surface area contributed by atoms with Crippen LogP contribution in [-0.2, 0) is 7.05 Å². The first-order chi connectivity index (χ1) is 7.27. The summed E-state index contributed by atoms with van der Waals surface area (Å²) >= 11 is 0. The predicted octanol–water partition coefficient (Wildman–Crippen LogP) is 1.78. The lowest BCUT2D eigenvalue weighted by atomic mass is 10.3. The average molecular weight is 204 g/mol. The molecular formula is C11H12N2O2. The van der Waals surface area contributed by atoms with Crippen LogP contribution in [0.3, 0.4) is 0 Å². The fourth-order valence-corrected chi connectivity index (χ4v) is 1.68. The Labute approximate surface area is 87.5 Å². The maximum absolute atomic E-state index is 10.8. The summed E-state index contributed by atoms with van der Waals surface area (Å²) in [5.41, 5.74) is 2.15. The monoisotopic (exact) mass is 204 g/mol. The molecule has 4 heteroatoms. The van der Waals surface area contributed by atoms with E-state index in [1.165, 1.54) is 0 Å². The van der Waals surface area contributed by atoms with Gasteiger partial charge in [0.1, 0.15) is 16.8 Å². The van der Waals surface area contributed by atoms with Gasteiger partial charge in [0.05, 0.1) is 12.2 Å². The molecule has 0 unspecified atom stereocenters. The maximum atomic E-state index is 10.8. The SMILES string of the molecule is CCOc1ccnc2c(C=O)cn(C)c12. The number of aromatic nitrogens is 2. The van der Waals surface area contributed by atoms with E-state index in [4.69, 9.17) is 4.74 Å². The summed E-state index contributed by atoms with van der Waals surface area (Å²) < 4.78 is 7.34. The van der Waals surface area contributed by atoms with E-state index < -0.39 is 0 Å². The smallest absolute Gasteiger partial charge is 0.153 e. The van der Waals surface area contributed by atoms with Gasteiger partial charge >= 0.3 is 0 Å². The van der Waals surface area contributed by atoms with E-state index in [1.807, 2.05) is 18.5 Å². The van der Waals surface area contributed by atoms with Crippen molar-refractivity contribution in [3.63, 3.8) is 0 Å². The lowest BCUT2D eigenvalue weighted by Crippen LogP contribution is -1.95. The average Bonchev–Trinajstić information content (AvgIpc) is 2.57. The third kappa shape index (κ3) is 1.48. The number of carbonyl (C=O) groups excluding carboxylic acids is 1. The Bertz CT molecular complexity index is 503. The third-order valence-electron chi connectivity index (χ3n) is 2.27. The van der Waals surface area contributed by atoms with E-state index in [2.05, 4.69) is 4.98 Å². The maximum Gasteiger partial charge on any atom is 0.153 e. The van der Waals surface area contributed by atoms with Crippen LogP contribution in [0.5, 0.6) is 5.75 Å². The molecule has 4 nitrogen and oxygen atoms in total. The fraction of sp³-hybridized carbons (Fsp3) is 0.273. The van der Waals surface area contributed by atoms with Crippen LogP contribution in [0.1, 0.15) is 17.3 Å². The molecule has 15 heavy (non-hydrogen) atoms. The molecule has 0 radical (unpaired) electrons. The number of pyridine rings is 1. The van der Waals surface area contributed by atoms with Crippen LogP contribution in [0.2, 0.25) is 0 Å². The zero-order chi connectivity index (χ0) is 10.8. The quantitative estimate of drug-likeness (QED) is 0.716. The molecule has 0 spiro atoms. The van der Waals surface area contributed by atoms with E-state index in [0.717, 1.165) is 17.6 Å². The van der Waals surface area contributed by atoms with Crippen LogP contribution in [-0.4, -0.2) is 22.4 Å². The first-order valence-corrected chi connectivity index (χ1v) is 4.80. The summed E-state index contributed by atoms with van der Waals surface area (Å²) in [7, 11) is 1.87. The molecule has 0 aliphatic heterocycles. The zero-order valence-corrected chi connectivity index (χ0v) is 8.73. The zero-order valence-electron chi connectivity index (χ0n) is 8.73. The minimum absolute atomic E-state index is 0.592. The van der Waals surface area contributed by atoms with Crippen molar-refractivity contribution in [2.24, 2.45) is 7.05 Å². The van der Waals surface area contributed by atoms with Crippen LogP contribution in [0, 0.1) is 0 Å². The lowest BCUT2D eigenvalue weighted by Gasteiger charge is -2.05. The van der Waals surface area contributed by atoms with Gasteiger partial charge in [-0.05, 0) is 6.92 Å². The van der Waals surface area contributed by atoms with Crippen molar-refractivity contribution in [3.05, 3.63) is 24.0 Å². The molecule has 2 heterocycles. The second kappa shape index (κ2) is 3.73. The van der Waals surface area contributed by atoms with Gasteiger partial charge in [-0.25, -0.2) is 0 Å². The van der Waals surface area contributed by atoms with E-state index in [-0.39, 0.29) is 0 Å². The molecule has 0 saturated carbocycles. The van der Waals surface area contributed by atoms with E-state index in [1.54, 1.807) is 18.5 Å². The highest BCUT2D eigenvalue weighted by Crippen LogP contribution is 2.26. The van der Waals surface area contributed by atoms with Gasteiger partial charge in [-0.1, -0.05) is 0 Å². The topological polar surface area (TPSA) is 44.1 Å². The number of carbonyl (C=O) groups is 1. The highest BCUT2D eigenvalue weighted by Gasteiger charge is 2.11. The number of fused-ring (bicyclic) bond motifs is 1. The lowest BCUT2D eigenvalue weighted by molar-refractivity contribution is 0.112. The highest BCUT2D eigenvalue weighted by molar-refractivity contribution is 5.97. The Kier molecular flexibility index (Phi) is 2.41. The van der Waals surface area contributed by atoms with Crippen LogP contribution in [0.15, 0.2) is 18.5 Å². The van der Waals surface area contributed by atoms with E-state index in [0.29, 0.717) is 17.7 Å². The summed E-state index contributed by atoms with van der Waals surface area (Å²) in [5.74, 6) is 0.762. The van der Waals surface area contributed by atoms with Gasteiger partial charge in [0.15, 0.2) is 6.29 Å². The summed E-state index contributed by atoms with van der Waals surface area (Å²) in [6.45, 7) is 2.52. The minimum Gasteiger partial charge on any atom is -0.492 e. The van der Waals surface area contributed by atoms with Crippen molar-refractivity contribution in [1.82, 2.24) is 9.55 Å². The van der Waals surface area contributed by atoms with Crippen molar-refractivity contribution in [1.29, 1.82) is 0 Å². The molecule has 0 N–H and O–H groups in total. The van der Waals surface area contributed by atoms with Crippen molar-refractivity contribution in [3.8, 4) is 5.75 Å². The molecular weight excluding hydrogens is 192 g/mol. The molecule has 0 saturated heterocycles. The van der Waals surface area contributed by atoms with Gasteiger partial charge in [-0.15, -0.1) is 0 Å².